The fourth-order valence-electron chi connectivity index (χ4n) is 2.00. The Morgan fingerprint density at radius 1 is 1.55 bits per heavy atom. The highest BCUT2D eigenvalue weighted by molar-refractivity contribution is 7.18. The van der Waals surface area contributed by atoms with Gasteiger partial charge in [-0.2, -0.15) is 5.26 Å². The lowest BCUT2D eigenvalue weighted by molar-refractivity contribution is -0.124. The summed E-state index contributed by atoms with van der Waals surface area (Å²) in [6, 6.07) is 2.01. The Labute approximate surface area is 120 Å². The lowest BCUT2D eigenvalue weighted by atomic mass is 10.1. The zero-order valence-electron chi connectivity index (χ0n) is 11.2. The van der Waals surface area contributed by atoms with E-state index in [-0.39, 0.29) is 5.91 Å². The SMILES string of the molecule is COC(=O)c1sc(NC(=O)[C@@H]2CCCO2)c(C#N)c1C. The summed E-state index contributed by atoms with van der Waals surface area (Å²) in [5.74, 6) is -0.793. The molecule has 1 amide bonds. The van der Waals surface area contributed by atoms with Crippen LogP contribution < -0.4 is 5.32 Å². The van der Waals surface area contributed by atoms with Gasteiger partial charge in [-0.1, -0.05) is 0 Å². The molecule has 1 aliphatic heterocycles. The van der Waals surface area contributed by atoms with Crippen molar-refractivity contribution in [1.82, 2.24) is 0 Å². The quantitative estimate of drug-likeness (QED) is 0.859. The van der Waals surface area contributed by atoms with Gasteiger partial charge in [0.2, 0.25) is 0 Å². The number of rotatable bonds is 3. The molecule has 1 fully saturated rings. The minimum atomic E-state index is -0.512. The number of hydrogen-bond donors (Lipinski definition) is 1. The van der Waals surface area contributed by atoms with Crippen molar-refractivity contribution in [2.24, 2.45) is 0 Å². The number of anilines is 1. The van der Waals surface area contributed by atoms with Gasteiger partial charge < -0.3 is 14.8 Å². The van der Waals surface area contributed by atoms with Gasteiger partial charge in [0, 0.05) is 6.61 Å². The third kappa shape index (κ3) is 2.66. The maximum atomic E-state index is 12.0. The van der Waals surface area contributed by atoms with E-state index in [1.807, 2.05) is 6.07 Å². The first-order valence-electron chi connectivity index (χ1n) is 6.12. The number of ether oxygens (including phenoxy) is 2. The van der Waals surface area contributed by atoms with E-state index >= 15 is 0 Å². The van der Waals surface area contributed by atoms with Crippen molar-refractivity contribution < 1.29 is 19.1 Å². The predicted molar refractivity (Wildman–Crippen MR) is 72.7 cm³/mol. The number of esters is 1. The second kappa shape index (κ2) is 6.03. The molecule has 7 heteroatoms. The molecule has 1 aromatic rings. The van der Waals surface area contributed by atoms with Crippen molar-refractivity contribution >= 4 is 28.2 Å². The Balaban J connectivity index is 2.25. The van der Waals surface area contributed by atoms with Gasteiger partial charge in [0.05, 0.1) is 12.7 Å². The molecule has 1 aliphatic rings. The summed E-state index contributed by atoms with van der Waals surface area (Å²) >= 11 is 1.05. The number of hydrogen-bond acceptors (Lipinski definition) is 6. The number of nitriles is 1. The molecule has 0 aromatic carbocycles. The van der Waals surface area contributed by atoms with Crippen LogP contribution in [0.2, 0.25) is 0 Å². The molecule has 0 aliphatic carbocycles. The number of carbonyl (C=O) groups is 2. The molecule has 106 valence electrons. The third-order valence-corrected chi connectivity index (χ3v) is 4.28. The Kier molecular flexibility index (Phi) is 4.37. The van der Waals surface area contributed by atoms with E-state index in [0.717, 1.165) is 17.8 Å². The van der Waals surface area contributed by atoms with Gasteiger partial charge in [-0.3, -0.25) is 4.79 Å². The highest BCUT2D eigenvalue weighted by Crippen LogP contribution is 2.33. The van der Waals surface area contributed by atoms with Crippen molar-refractivity contribution in [2.75, 3.05) is 19.0 Å². The fourth-order valence-corrected chi connectivity index (χ4v) is 3.08. The minimum absolute atomic E-state index is 0.281. The van der Waals surface area contributed by atoms with E-state index in [4.69, 9.17) is 10.00 Å². The number of nitrogens with zero attached hydrogens (tertiary/aromatic N) is 1. The Morgan fingerprint density at radius 3 is 2.85 bits per heavy atom. The number of nitrogens with one attached hydrogen (secondary N) is 1. The first-order chi connectivity index (χ1) is 9.58. The second-order valence-corrected chi connectivity index (χ2v) is 5.38. The van der Waals surface area contributed by atoms with Gasteiger partial charge in [-0.05, 0) is 25.3 Å². The molecule has 1 saturated heterocycles. The molecular formula is C13H14N2O4S. The van der Waals surface area contributed by atoms with Crippen LogP contribution in [-0.2, 0) is 14.3 Å². The van der Waals surface area contributed by atoms with Crippen LogP contribution in [0, 0.1) is 18.3 Å². The summed E-state index contributed by atoms with van der Waals surface area (Å²) in [5.41, 5.74) is 0.814. The van der Waals surface area contributed by atoms with E-state index in [1.165, 1.54) is 7.11 Å². The molecule has 0 saturated carbocycles. The molecule has 0 spiro atoms. The first kappa shape index (κ1) is 14.5. The van der Waals surface area contributed by atoms with Crippen molar-refractivity contribution in [3.63, 3.8) is 0 Å². The smallest absolute Gasteiger partial charge is 0.348 e. The van der Waals surface area contributed by atoms with Crippen LogP contribution in [0.25, 0.3) is 0 Å². The fraction of sp³-hybridized carbons (Fsp3) is 0.462. The molecule has 6 nitrogen and oxygen atoms in total. The summed E-state index contributed by atoms with van der Waals surface area (Å²) in [6.07, 6.45) is 1.03. The monoisotopic (exact) mass is 294 g/mol. The molecule has 1 aromatic heterocycles. The highest BCUT2D eigenvalue weighted by Gasteiger charge is 2.27. The Hall–Kier alpha value is -1.91. The average molecular weight is 294 g/mol. The number of amides is 1. The molecule has 0 radical (unpaired) electrons. The molecule has 0 bridgehead atoms. The van der Waals surface area contributed by atoms with Gasteiger partial charge in [-0.15, -0.1) is 11.3 Å². The van der Waals surface area contributed by atoms with Crippen LogP contribution in [0.4, 0.5) is 5.00 Å². The Morgan fingerprint density at radius 2 is 2.30 bits per heavy atom. The lowest BCUT2D eigenvalue weighted by Crippen LogP contribution is -2.26. The normalized spacial score (nSPS) is 17.6. The largest absolute Gasteiger partial charge is 0.465 e. The van der Waals surface area contributed by atoms with Crippen molar-refractivity contribution in [3.8, 4) is 6.07 Å². The van der Waals surface area contributed by atoms with E-state index in [1.54, 1.807) is 6.92 Å². The van der Waals surface area contributed by atoms with Gasteiger partial charge in [0.1, 0.15) is 22.1 Å². The molecule has 20 heavy (non-hydrogen) atoms. The third-order valence-electron chi connectivity index (χ3n) is 3.09. The summed E-state index contributed by atoms with van der Waals surface area (Å²) < 4.78 is 9.94. The Bertz CT molecular complexity index is 582. The second-order valence-electron chi connectivity index (χ2n) is 4.35. The zero-order chi connectivity index (χ0) is 14.7. The van der Waals surface area contributed by atoms with Crippen LogP contribution in [0.3, 0.4) is 0 Å². The number of carbonyl (C=O) groups excluding carboxylic acids is 2. The summed E-state index contributed by atoms with van der Waals surface area (Å²) in [4.78, 5) is 23.9. The standard InChI is InChI=1S/C13H14N2O4S/c1-7-8(6-14)12(20-10(7)13(17)18-2)15-11(16)9-4-3-5-19-9/h9H,3-5H2,1-2H3,(H,15,16)/t9-/m0/s1. The minimum Gasteiger partial charge on any atom is -0.465 e. The van der Waals surface area contributed by atoms with Crippen LogP contribution in [-0.4, -0.2) is 31.7 Å². The zero-order valence-corrected chi connectivity index (χ0v) is 12.0. The highest BCUT2D eigenvalue weighted by atomic mass is 32.1. The maximum absolute atomic E-state index is 12.0. The van der Waals surface area contributed by atoms with Crippen LogP contribution in [0.15, 0.2) is 0 Å². The van der Waals surface area contributed by atoms with Crippen LogP contribution >= 0.6 is 11.3 Å². The molecule has 2 rings (SSSR count). The molecule has 1 N–H and O–H groups in total. The van der Waals surface area contributed by atoms with Crippen molar-refractivity contribution in [2.45, 2.75) is 25.9 Å². The number of methoxy groups -OCH3 is 1. The van der Waals surface area contributed by atoms with Gasteiger partial charge in [-0.25, -0.2) is 4.79 Å². The molecular weight excluding hydrogens is 280 g/mol. The molecule has 2 heterocycles. The first-order valence-corrected chi connectivity index (χ1v) is 6.94. The lowest BCUT2D eigenvalue weighted by Gasteiger charge is -2.08. The molecule has 1 atom stereocenters. The maximum Gasteiger partial charge on any atom is 0.348 e. The van der Waals surface area contributed by atoms with Crippen molar-refractivity contribution in [3.05, 3.63) is 16.0 Å². The van der Waals surface area contributed by atoms with E-state index in [9.17, 15) is 9.59 Å². The average Bonchev–Trinajstić information content (AvgIpc) is 3.06. The summed E-state index contributed by atoms with van der Waals surface area (Å²) in [6.45, 7) is 2.23. The van der Waals surface area contributed by atoms with Crippen LogP contribution in [0.1, 0.15) is 33.6 Å². The van der Waals surface area contributed by atoms with Gasteiger partial charge in [0.15, 0.2) is 0 Å². The summed E-state index contributed by atoms with van der Waals surface area (Å²) in [7, 11) is 1.28. The van der Waals surface area contributed by atoms with E-state index in [0.29, 0.717) is 34.0 Å². The van der Waals surface area contributed by atoms with Crippen molar-refractivity contribution in [1.29, 1.82) is 5.26 Å². The van der Waals surface area contributed by atoms with E-state index in [2.05, 4.69) is 10.1 Å². The number of thiophene rings is 1. The summed E-state index contributed by atoms with van der Waals surface area (Å²) in [5, 5.41) is 12.2. The van der Waals surface area contributed by atoms with Gasteiger partial charge in [0.25, 0.3) is 5.91 Å². The predicted octanol–water partition coefficient (Wildman–Crippen LogP) is 1.83. The van der Waals surface area contributed by atoms with E-state index < -0.39 is 12.1 Å². The molecule has 0 unspecified atom stereocenters. The van der Waals surface area contributed by atoms with Crippen LogP contribution in [0.5, 0.6) is 0 Å². The van der Waals surface area contributed by atoms with Gasteiger partial charge >= 0.3 is 5.97 Å². The topological polar surface area (TPSA) is 88.4 Å².